The number of rotatable bonds is 3. The quantitative estimate of drug-likeness (QED) is 0.571. The average Bonchev–Trinajstić information content (AvgIpc) is 1.64. The molecule has 0 rings (SSSR count). The number of carboxylic acids is 1. The summed E-state index contributed by atoms with van der Waals surface area (Å²) in [4.78, 5) is 10.2. The van der Waals surface area contributed by atoms with Crippen molar-refractivity contribution < 1.29 is 14.6 Å². The molecule has 9 heavy (non-hydrogen) atoms. The Balaban J connectivity index is 3.99. The number of ether oxygens (including phenoxy) is 1. The van der Waals surface area contributed by atoms with Crippen molar-refractivity contribution in [2.45, 2.75) is 13.0 Å². The predicted molar refractivity (Wildman–Crippen MR) is 33.2 cm³/mol. The highest BCUT2D eigenvalue weighted by Crippen LogP contribution is 2.00. The van der Waals surface area contributed by atoms with E-state index in [-0.39, 0.29) is 0 Å². The second-order valence-electron chi connectivity index (χ2n) is 1.80. The Morgan fingerprint density at radius 1 is 1.78 bits per heavy atom. The van der Waals surface area contributed by atoms with Gasteiger partial charge in [-0.1, -0.05) is 6.58 Å². The first-order valence-electron chi connectivity index (χ1n) is 2.50. The molecule has 0 amide bonds. The number of hydrogen-bond acceptors (Lipinski definition) is 2. The van der Waals surface area contributed by atoms with Gasteiger partial charge in [-0.2, -0.15) is 0 Å². The molecular formula is C6H10O3. The van der Waals surface area contributed by atoms with Crippen LogP contribution in [0.3, 0.4) is 0 Å². The molecule has 0 heterocycles. The minimum absolute atomic E-state index is 0.505. The van der Waals surface area contributed by atoms with Crippen LogP contribution in [0.25, 0.3) is 0 Å². The van der Waals surface area contributed by atoms with Gasteiger partial charge in [-0.25, -0.2) is 4.79 Å². The number of hydrogen-bond donors (Lipinski definition) is 1. The molecule has 1 atom stereocenters. The molecule has 52 valence electrons. The van der Waals surface area contributed by atoms with Gasteiger partial charge >= 0.3 is 5.97 Å². The van der Waals surface area contributed by atoms with E-state index in [1.165, 1.54) is 7.11 Å². The van der Waals surface area contributed by atoms with Gasteiger partial charge in [0, 0.05) is 7.11 Å². The summed E-state index contributed by atoms with van der Waals surface area (Å²) in [6, 6.07) is 0. The second kappa shape index (κ2) is 3.25. The molecule has 3 nitrogen and oxygen atoms in total. The number of aliphatic carboxylic acids is 1. The largest absolute Gasteiger partial charge is 0.479 e. The van der Waals surface area contributed by atoms with Crippen LogP contribution in [-0.4, -0.2) is 24.3 Å². The van der Waals surface area contributed by atoms with Crippen LogP contribution in [0.4, 0.5) is 0 Å². The Kier molecular flexibility index (Phi) is 2.95. The van der Waals surface area contributed by atoms with Crippen LogP contribution in [0.5, 0.6) is 0 Å². The number of methoxy groups -OCH3 is 1. The molecule has 0 fully saturated rings. The van der Waals surface area contributed by atoms with E-state index < -0.39 is 12.1 Å². The number of carboxylic acid groups (broad SMARTS) is 1. The van der Waals surface area contributed by atoms with E-state index in [1.54, 1.807) is 6.92 Å². The molecule has 3 heteroatoms. The van der Waals surface area contributed by atoms with E-state index >= 15 is 0 Å². The average molecular weight is 130 g/mol. The molecule has 0 aliphatic heterocycles. The first-order chi connectivity index (χ1) is 4.09. The second-order valence-corrected chi connectivity index (χ2v) is 1.80. The van der Waals surface area contributed by atoms with Crippen LogP contribution >= 0.6 is 0 Å². The van der Waals surface area contributed by atoms with Gasteiger partial charge in [0.1, 0.15) is 0 Å². The van der Waals surface area contributed by atoms with Crippen LogP contribution in [0.2, 0.25) is 0 Å². The highest BCUT2D eigenvalue weighted by atomic mass is 16.5. The molecule has 0 aliphatic rings. The van der Waals surface area contributed by atoms with Gasteiger partial charge in [0.05, 0.1) is 0 Å². The van der Waals surface area contributed by atoms with Crippen molar-refractivity contribution in [1.29, 1.82) is 0 Å². The molecule has 0 saturated heterocycles. The topological polar surface area (TPSA) is 46.5 Å². The maximum absolute atomic E-state index is 10.2. The molecular weight excluding hydrogens is 120 g/mol. The normalized spacial score (nSPS) is 12.7. The molecule has 0 bridgehead atoms. The van der Waals surface area contributed by atoms with Crippen molar-refractivity contribution in [2.75, 3.05) is 7.11 Å². The SMILES string of the molecule is C=C(C)C(OC)C(=O)O. The van der Waals surface area contributed by atoms with Crippen molar-refractivity contribution in [2.24, 2.45) is 0 Å². The standard InChI is InChI=1S/C6H10O3/c1-4(2)5(9-3)6(7)8/h5H,1H2,2-3H3,(H,7,8). The minimum atomic E-state index is -0.995. The fourth-order valence-corrected chi connectivity index (χ4v) is 0.513. The van der Waals surface area contributed by atoms with E-state index in [0.29, 0.717) is 5.57 Å². The Bertz CT molecular complexity index is 114. The summed E-state index contributed by atoms with van der Waals surface area (Å²) in [5.74, 6) is -0.995. The molecule has 0 radical (unpaired) electrons. The minimum Gasteiger partial charge on any atom is -0.479 e. The Labute approximate surface area is 53.9 Å². The maximum atomic E-state index is 10.2. The van der Waals surface area contributed by atoms with Crippen molar-refractivity contribution in [3.63, 3.8) is 0 Å². The smallest absolute Gasteiger partial charge is 0.337 e. The summed E-state index contributed by atoms with van der Waals surface area (Å²) in [6.07, 6.45) is -0.856. The fraction of sp³-hybridized carbons (Fsp3) is 0.500. The summed E-state index contributed by atoms with van der Waals surface area (Å²) < 4.78 is 4.57. The van der Waals surface area contributed by atoms with Crippen LogP contribution in [-0.2, 0) is 9.53 Å². The Morgan fingerprint density at radius 2 is 2.22 bits per heavy atom. The zero-order valence-electron chi connectivity index (χ0n) is 5.55. The first kappa shape index (κ1) is 8.17. The lowest BCUT2D eigenvalue weighted by Gasteiger charge is -2.07. The Morgan fingerprint density at radius 3 is 2.22 bits per heavy atom. The number of carbonyl (C=O) groups is 1. The van der Waals surface area contributed by atoms with Crippen LogP contribution < -0.4 is 0 Å². The third-order valence-corrected chi connectivity index (χ3v) is 0.908. The molecule has 0 spiro atoms. The Hall–Kier alpha value is -0.830. The molecule has 0 aromatic rings. The summed E-state index contributed by atoms with van der Waals surface area (Å²) in [6.45, 7) is 5.06. The molecule has 0 aromatic heterocycles. The highest BCUT2D eigenvalue weighted by Gasteiger charge is 2.15. The van der Waals surface area contributed by atoms with Crippen molar-refractivity contribution in [3.8, 4) is 0 Å². The molecule has 0 aromatic carbocycles. The van der Waals surface area contributed by atoms with Crippen molar-refractivity contribution >= 4 is 5.97 Å². The van der Waals surface area contributed by atoms with E-state index in [1.807, 2.05) is 0 Å². The lowest BCUT2D eigenvalue weighted by atomic mass is 10.2. The zero-order chi connectivity index (χ0) is 7.44. The fourth-order valence-electron chi connectivity index (χ4n) is 0.513. The molecule has 0 saturated carbocycles. The van der Waals surface area contributed by atoms with Crippen LogP contribution in [0.1, 0.15) is 6.92 Å². The highest BCUT2D eigenvalue weighted by molar-refractivity contribution is 5.75. The van der Waals surface area contributed by atoms with Crippen LogP contribution in [0, 0.1) is 0 Å². The van der Waals surface area contributed by atoms with E-state index in [0.717, 1.165) is 0 Å². The van der Waals surface area contributed by atoms with E-state index in [2.05, 4.69) is 11.3 Å². The lowest BCUT2D eigenvalue weighted by molar-refractivity contribution is -0.146. The molecule has 1 unspecified atom stereocenters. The maximum Gasteiger partial charge on any atom is 0.337 e. The van der Waals surface area contributed by atoms with Gasteiger partial charge in [0.2, 0.25) is 0 Å². The van der Waals surface area contributed by atoms with Gasteiger partial charge in [0.15, 0.2) is 6.10 Å². The summed E-state index contributed by atoms with van der Waals surface area (Å²) in [5.41, 5.74) is 0.505. The zero-order valence-corrected chi connectivity index (χ0v) is 5.55. The van der Waals surface area contributed by atoms with Gasteiger partial charge in [-0.15, -0.1) is 0 Å². The first-order valence-corrected chi connectivity index (χ1v) is 2.50. The van der Waals surface area contributed by atoms with Gasteiger partial charge < -0.3 is 9.84 Å². The summed E-state index contributed by atoms with van der Waals surface area (Å²) in [5, 5.41) is 8.36. The van der Waals surface area contributed by atoms with Gasteiger partial charge in [0.25, 0.3) is 0 Å². The van der Waals surface area contributed by atoms with Gasteiger partial charge in [-0.3, -0.25) is 0 Å². The van der Waals surface area contributed by atoms with Gasteiger partial charge in [-0.05, 0) is 12.5 Å². The molecule has 0 aliphatic carbocycles. The van der Waals surface area contributed by atoms with Crippen molar-refractivity contribution in [3.05, 3.63) is 12.2 Å². The van der Waals surface area contributed by atoms with Crippen LogP contribution in [0.15, 0.2) is 12.2 Å². The summed E-state index contributed by atoms with van der Waals surface area (Å²) in [7, 11) is 1.34. The third-order valence-electron chi connectivity index (χ3n) is 0.908. The van der Waals surface area contributed by atoms with E-state index in [4.69, 9.17) is 5.11 Å². The predicted octanol–water partition coefficient (Wildman–Crippen LogP) is 0.662. The lowest BCUT2D eigenvalue weighted by Crippen LogP contribution is -2.22. The third kappa shape index (κ3) is 2.28. The summed E-state index contributed by atoms with van der Waals surface area (Å²) >= 11 is 0. The van der Waals surface area contributed by atoms with Crippen molar-refractivity contribution in [1.82, 2.24) is 0 Å². The monoisotopic (exact) mass is 130 g/mol. The molecule has 1 N–H and O–H groups in total. The van der Waals surface area contributed by atoms with E-state index in [9.17, 15) is 4.79 Å².